The van der Waals surface area contributed by atoms with E-state index < -0.39 is 83.6 Å². The lowest BCUT2D eigenvalue weighted by atomic mass is 9.82. The number of aliphatic hydroxyl groups is 4. The summed E-state index contributed by atoms with van der Waals surface area (Å²) in [4.78, 5) is 0. The van der Waals surface area contributed by atoms with E-state index in [1.165, 1.54) is 11.1 Å². The number of ether oxygens (including phenoxy) is 20. The molecule has 30 heteroatoms. The smallest absolute Gasteiger partial charge is 0.223 e. The first-order valence-corrected chi connectivity index (χ1v) is 52.8. The summed E-state index contributed by atoms with van der Waals surface area (Å²) in [5.74, 6) is -2.55. The molecule has 18 rings (SSSR count). The average molecular weight is 2210 g/mol. The zero-order valence-corrected chi connectivity index (χ0v) is 88.1. The second kappa shape index (κ2) is 48.0. The number of hydrogen-bond acceptors (Lipinski definition) is 24. The van der Waals surface area contributed by atoms with Crippen LogP contribution in [0, 0.1) is 0 Å². The predicted molar refractivity (Wildman–Crippen MR) is 543 cm³/mol. The van der Waals surface area contributed by atoms with E-state index in [-0.39, 0.29) is 65.5 Å². The Morgan fingerprint density at radius 2 is 0.652 bits per heavy atom. The third kappa shape index (κ3) is 23.1. The van der Waals surface area contributed by atoms with Gasteiger partial charge in [0.15, 0.2) is 0 Å². The summed E-state index contributed by atoms with van der Waals surface area (Å²) in [5, 5.41) is 44.5. The first-order valence-electron chi connectivity index (χ1n) is 48.5. The number of alkyl halides is 2. The maximum Gasteiger partial charge on any atom is 0.223 e. The molecule has 0 radical (unpaired) electrons. The standard InChI is InChI=1S/C29H35ClI2O6.C29H37ClO8.C29H37ClO6.C21H25ClO4/c2*1-4-35-21-10-7-18(8-11-21)15-20-16-19(9-12-22(20)30)25-24(32)27-26(23(17-31)36-25)37-28(33-2)13-5-6-14-29(28,34-3)38-27;1-5-33-23-11-8-20(9-12-23)16-22-17-21(10-13-24(22)30)25-18-26-27(19(2)34-25)36-29(32-4)15-7-6-14-28(29,31-3)35-26;1-3-25-17-7-4-14(5-8-17)10-16-11-15(6-9-18(16)22)20-12-19(23)21(24)13(2)26-20/h7-12,16,23-27H,4-6,13-15,17H2,1-3H3;7-12,16,23-27,31-32H,4-6,13-15,17H2,1-3H3;8-13,17,19,25-27H,5-7,14-16,18H2,1-4H3;4-9,11,13,19-21,23-24H,3,10,12H2,1-2H3. The number of aliphatic hydroxyl groups excluding tert-OH is 4. The maximum absolute atomic E-state index is 11.6. The molecule has 24 atom stereocenters. The van der Waals surface area contributed by atoms with Gasteiger partial charge in [0.2, 0.25) is 34.7 Å². The molecule has 7 heterocycles. The van der Waals surface area contributed by atoms with Crippen molar-refractivity contribution in [3.05, 3.63) is 257 Å². The monoisotopic (exact) mass is 2210 g/mol. The van der Waals surface area contributed by atoms with E-state index in [0.29, 0.717) is 75.0 Å². The average Bonchev–Trinajstić information content (AvgIpc) is 0.728. The summed E-state index contributed by atoms with van der Waals surface area (Å²) in [5.41, 5.74) is 12.5. The third-order valence-electron chi connectivity index (χ3n) is 28.6. The van der Waals surface area contributed by atoms with Crippen LogP contribution in [0.25, 0.3) is 0 Å². The molecule has 24 nitrogen and oxygen atoms in total. The summed E-state index contributed by atoms with van der Waals surface area (Å²) in [6.45, 7) is 14.0. The molecule has 10 fully saturated rings. The van der Waals surface area contributed by atoms with Crippen LogP contribution in [-0.4, -0.2) is 219 Å². The molecule has 0 aromatic heterocycles. The Bertz CT molecular complexity index is 5070. The molecule has 3 saturated carbocycles. The minimum Gasteiger partial charge on any atom is -0.494 e. The van der Waals surface area contributed by atoms with Gasteiger partial charge < -0.3 is 115 Å². The van der Waals surface area contributed by atoms with Gasteiger partial charge in [0.05, 0.1) is 85.8 Å². The zero-order chi connectivity index (χ0) is 97.9. The number of halogens is 6. The van der Waals surface area contributed by atoms with Crippen molar-refractivity contribution in [2.24, 2.45) is 0 Å². The van der Waals surface area contributed by atoms with Gasteiger partial charge in [-0.1, -0.05) is 189 Å². The van der Waals surface area contributed by atoms with Gasteiger partial charge in [0.25, 0.3) is 0 Å². The zero-order valence-electron chi connectivity index (χ0n) is 80.8. The molecule has 8 aromatic carbocycles. The minimum absolute atomic E-state index is 0.000101. The van der Waals surface area contributed by atoms with E-state index >= 15 is 0 Å². The number of methoxy groups -OCH3 is 6. The van der Waals surface area contributed by atoms with Crippen LogP contribution in [0.1, 0.15) is 223 Å². The van der Waals surface area contributed by atoms with Crippen molar-refractivity contribution in [1.29, 1.82) is 0 Å². The topological polar surface area (TPSA) is 266 Å². The van der Waals surface area contributed by atoms with Crippen molar-refractivity contribution >= 4 is 91.6 Å². The van der Waals surface area contributed by atoms with E-state index in [2.05, 4.69) is 101 Å². The lowest BCUT2D eigenvalue weighted by Gasteiger charge is -2.60. The second-order valence-corrected chi connectivity index (χ2v) is 40.9. The molecule has 0 bridgehead atoms. The van der Waals surface area contributed by atoms with Gasteiger partial charge in [-0.05, 0) is 245 Å². The van der Waals surface area contributed by atoms with E-state index in [0.717, 1.165) is 170 Å². The minimum atomic E-state index is -1.16. The molecule has 3 aliphatic carbocycles. The molecule has 7 saturated heterocycles. The molecule has 752 valence electrons. The number of rotatable bonds is 28. The molecule has 24 unspecified atom stereocenters. The largest absolute Gasteiger partial charge is 0.494 e. The van der Waals surface area contributed by atoms with Gasteiger partial charge in [0.1, 0.15) is 77.9 Å². The highest BCUT2D eigenvalue weighted by molar-refractivity contribution is 14.1. The summed E-state index contributed by atoms with van der Waals surface area (Å²) in [6.07, 6.45) is 5.84. The quantitative estimate of drug-likeness (QED) is 0.0262. The molecule has 138 heavy (non-hydrogen) atoms. The maximum atomic E-state index is 11.6. The Balaban J connectivity index is 0.000000141. The fourth-order valence-electron chi connectivity index (χ4n) is 21.4. The lowest BCUT2D eigenvalue weighted by Crippen LogP contribution is -2.74. The van der Waals surface area contributed by atoms with Crippen molar-refractivity contribution < 1.29 is 115 Å². The lowest BCUT2D eigenvalue weighted by molar-refractivity contribution is -0.491. The van der Waals surface area contributed by atoms with Crippen LogP contribution in [-0.2, 0) is 101 Å². The molecule has 10 aliphatic rings. The van der Waals surface area contributed by atoms with Crippen LogP contribution < -0.4 is 18.9 Å². The van der Waals surface area contributed by atoms with Gasteiger partial charge in [-0.3, -0.25) is 0 Å². The fraction of sp³-hybridized carbons (Fsp3) is 0.556. The Labute approximate surface area is 859 Å². The number of benzene rings is 8. The molecular formula is C108H134Cl4I2O24. The van der Waals surface area contributed by atoms with Gasteiger partial charge in [-0.2, -0.15) is 0 Å². The Morgan fingerprint density at radius 3 is 1.00 bits per heavy atom. The normalized spacial score (nSPS) is 32.9. The van der Waals surface area contributed by atoms with Crippen LogP contribution in [0.3, 0.4) is 0 Å². The van der Waals surface area contributed by atoms with Crippen LogP contribution in [0.15, 0.2) is 170 Å². The summed E-state index contributed by atoms with van der Waals surface area (Å²) >= 11 is 31.1. The highest BCUT2D eigenvalue weighted by atomic mass is 127. The van der Waals surface area contributed by atoms with E-state index in [4.69, 9.17) is 141 Å². The third-order valence-corrected chi connectivity index (χ3v) is 32.3. The molecule has 7 aliphatic heterocycles. The van der Waals surface area contributed by atoms with Crippen LogP contribution in [0.2, 0.25) is 20.1 Å². The number of hydrogen-bond donors (Lipinski definition) is 4. The van der Waals surface area contributed by atoms with Gasteiger partial charge in [-0.25, -0.2) is 0 Å². The van der Waals surface area contributed by atoms with E-state index in [1.54, 1.807) is 49.6 Å². The fourth-order valence-corrected chi connectivity index (χ4v) is 24.0. The highest BCUT2D eigenvalue weighted by Gasteiger charge is 2.69. The van der Waals surface area contributed by atoms with Crippen molar-refractivity contribution in [2.45, 2.75) is 300 Å². The molecular weight excluding hydrogens is 2080 g/mol. The van der Waals surface area contributed by atoms with Crippen molar-refractivity contribution in [3.8, 4) is 23.0 Å². The van der Waals surface area contributed by atoms with Crippen molar-refractivity contribution in [1.82, 2.24) is 0 Å². The molecule has 0 amide bonds. The van der Waals surface area contributed by atoms with E-state index in [1.807, 2.05) is 149 Å². The summed E-state index contributed by atoms with van der Waals surface area (Å²) in [7, 11) is 9.90. The van der Waals surface area contributed by atoms with Crippen LogP contribution in [0.5, 0.6) is 23.0 Å². The van der Waals surface area contributed by atoms with Crippen molar-refractivity contribution in [3.63, 3.8) is 0 Å². The van der Waals surface area contributed by atoms with E-state index in [9.17, 15) is 20.4 Å². The SMILES string of the molecule is CCOc1ccc(Cc2cc(C3CC(O)C(O)C(C)O3)ccc2Cl)cc1.CCOc1ccc(Cc2cc(C3CC4OC5(OC)CCCCC5(OC)OC4C(C)O3)ccc2Cl)cc1.CCOc1ccc(Cc2cc(C3OC(CI)C4OC5(OC)CCCCC5(OC)OC4C3I)ccc2Cl)cc1.CCOc1ccc(Cc2cc(C3OC(CO)C4OC5(OC)CCCCC5(OC)OC4C3O)ccc2Cl)cc1. The first-order chi connectivity index (χ1) is 66.7. The first kappa shape index (κ1) is 107. The Morgan fingerprint density at radius 1 is 0.348 bits per heavy atom. The highest BCUT2D eigenvalue weighted by Crippen LogP contribution is 2.58. The summed E-state index contributed by atoms with van der Waals surface area (Å²) < 4.78 is 124. The summed E-state index contributed by atoms with van der Waals surface area (Å²) in [6, 6.07) is 56.0. The van der Waals surface area contributed by atoms with Crippen molar-refractivity contribution in [2.75, 3.05) is 80.1 Å². The van der Waals surface area contributed by atoms with Crippen LogP contribution >= 0.6 is 91.6 Å². The van der Waals surface area contributed by atoms with Crippen LogP contribution in [0.4, 0.5) is 0 Å². The Hall–Kier alpha value is -5.22. The van der Waals surface area contributed by atoms with Gasteiger partial charge >= 0.3 is 0 Å². The molecule has 0 spiro atoms. The van der Waals surface area contributed by atoms with Gasteiger partial charge in [0, 0.05) is 119 Å². The second-order valence-electron chi connectivity index (χ2n) is 37.0. The van der Waals surface area contributed by atoms with Gasteiger partial charge in [-0.15, -0.1) is 0 Å². The predicted octanol–water partition coefficient (Wildman–Crippen LogP) is 21.3. The Kier molecular flexibility index (Phi) is 37.2. The molecule has 4 N–H and O–H groups in total. The molecule has 8 aromatic rings. The number of fused-ring (bicyclic) bond motifs is 6.